The smallest absolute Gasteiger partial charge is 0.256 e. The van der Waals surface area contributed by atoms with Crippen molar-refractivity contribution < 1.29 is 4.79 Å². The summed E-state index contributed by atoms with van der Waals surface area (Å²) in [4.78, 5) is 19.4. The van der Waals surface area contributed by atoms with Gasteiger partial charge in [-0.3, -0.25) is 10.2 Å². The number of benzene rings is 1. The fraction of sp³-hybridized carbons (Fsp3) is 0.263. The minimum absolute atomic E-state index is 0.0402. The molecule has 0 unspecified atom stereocenters. The Morgan fingerprint density at radius 1 is 1.36 bits per heavy atom. The van der Waals surface area contributed by atoms with E-state index in [1.165, 1.54) is 6.34 Å². The van der Waals surface area contributed by atoms with Crippen LogP contribution in [0.4, 0.5) is 11.5 Å². The molecule has 2 aliphatic heterocycles. The number of hydrogen-bond acceptors (Lipinski definition) is 8. The SMILES string of the molecule is C[C@@H]1C[C@@H](Nc2cc(C#N)ccn2)CN1C(=O)c1ccccc1N1NC=NN1. The Kier molecular flexibility index (Phi) is 4.68. The van der Waals surface area contributed by atoms with Crippen LogP contribution >= 0.6 is 0 Å². The monoisotopic (exact) mass is 376 g/mol. The van der Waals surface area contributed by atoms with Gasteiger partial charge in [0, 0.05) is 24.8 Å². The minimum atomic E-state index is -0.0402. The van der Waals surface area contributed by atoms with Crippen LogP contribution in [0.5, 0.6) is 0 Å². The van der Waals surface area contributed by atoms with Gasteiger partial charge in [0.1, 0.15) is 12.2 Å². The third-order valence-corrected chi connectivity index (χ3v) is 4.86. The van der Waals surface area contributed by atoms with Gasteiger partial charge in [-0.05, 0) is 37.6 Å². The second kappa shape index (κ2) is 7.44. The molecule has 1 saturated heterocycles. The fourth-order valence-electron chi connectivity index (χ4n) is 3.54. The molecular weight excluding hydrogens is 356 g/mol. The van der Waals surface area contributed by atoms with E-state index in [9.17, 15) is 4.79 Å². The summed E-state index contributed by atoms with van der Waals surface area (Å²) in [7, 11) is 0. The maximum Gasteiger partial charge on any atom is 0.256 e. The van der Waals surface area contributed by atoms with E-state index >= 15 is 0 Å². The number of para-hydroxylation sites is 1. The number of carbonyl (C=O) groups excluding carboxylic acids is 1. The van der Waals surface area contributed by atoms with Gasteiger partial charge >= 0.3 is 0 Å². The van der Waals surface area contributed by atoms with Crippen LogP contribution in [0, 0.1) is 11.3 Å². The molecule has 0 aliphatic carbocycles. The van der Waals surface area contributed by atoms with Crippen molar-refractivity contribution in [2.24, 2.45) is 5.10 Å². The van der Waals surface area contributed by atoms with Crippen LogP contribution in [0.25, 0.3) is 0 Å². The second-order valence-corrected chi connectivity index (χ2v) is 6.76. The molecule has 1 fully saturated rings. The standard InChI is InChI=1S/C19H20N8O/c1-13-8-15(24-18-9-14(10-20)6-7-21-18)11-26(13)19(28)16-4-2-3-5-17(16)27-23-12-22-25-27/h2-7,9,12-13,15,25H,8,11H2,1H3,(H,21,24)(H,22,23)/t13-,15-/m1/s1. The van der Waals surface area contributed by atoms with Crippen LogP contribution in [0.1, 0.15) is 29.3 Å². The number of nitrogens with zero attached hydrogens (tertiary/aromatic N) is 5. The van der Waals surface area contributed by atoms with Crippen molar-refractivity contribution in [1.29, 1.82) is 5.26 Å². The molecule has 1 amide bonds. The lowest BCUT2D eigenvalue weighted by molar-refractivity contribution is 0.0747. The summed E-state index contributed by atoms with van der Waals surface area (Å²) in [6, 6.07) is 13.0. The Morgan fingerprint density at radius 3 is 3.00 bits per heavy atom. The molecule has 2 atom stereocenters. The topological polar surface area (TPSA) is 109 Å². The normalized spacial score (nSPS) is 20.4. The highest BCUT2D eigenvalue weighted by atomic mass is 16.2. The van der Waals surface area contributed by atoms with Gasteiger partial charge in [0.05, 0.1) is 22.9 Å². The molecule has 9 nitrogen and oxygen atoms in total. The maximum absolute atomic E-state index is 13.2. The van der Waals surface area contributed by atoms with E-state index in [1.54, 1.807) is 23.4 Å². The number of hydrogen-bond donors (Lipinski definition) is 3. The van der Waals surface area contributed by atoms with Crippen molar-refractivity contribution >= 4 is 23.8 Å². The van der Waals surface area contributed by atoms with Crippen molar-refractivity contribution in [3.05, 3.63) is 53.7 Å². The molecule has 9 heteroatoms. The number of carbonyl (C=O) groups is 1. The van der Waals surface area contributed by atoms with Gasteiger partial charge < -0.3 is 10.2 Å². The Morgan fingerprint density at radius 2 is 2.21 bits per heavy atom. The second-order valence-electron chi connectivity index (χ2n) is 6.76. The van der Waals surface area contributed by atoms with E-state index in [0.29, 0.717) is 29.2 Å². The van der Waals surface area contributed by atoms with Gasteiger partial charge in [-0.1, -0.05) is 12.1 Å². The average Bonchev–Trinajstić information content (AvgIpc) is 3.37. The molecule has 2 aromatic rings. The largest absolute Gasteiger partial charge is 0.365 e. The van der Waals surface area contributed by atoms with Crippen molar-refractivity contribution in [2.45, 2.75) is 25.4 Å². The number of aromatic nitrogens is 1. The molecule has 1 aromatic heterocycles. The van der Waals surface area contributed by atoms with Crippen LogP contribution in [-0.2, 0) is 0 Å². The predicted molar refractivity (Wildman–Crippen MR) is 105 cm³/mol. The van der Waals surface area contributed by atoms with E-state index < -0.39 is 0 Å². The first-order valence-electron chi connectivity index (χ1n) is 9.02. The Balaban J connectivity index is 1.49. The maximum atomic E-state index is 13.2. The van der Waals surface area contributed by atoms with Gasteiger partial charge in [-0.15, -0.1) is 5.10 Å². The summed E-state index contributed by atoms with van der Waals surface area (Å²) in [5.41, 5.74) is 7.58. The third-order valence-electron chi connectivity index (χ3n) is 4.86. The molecule has 0 spiro atoms. The lowest BCUT2D eigenvalue weighted by Crippen LogP contribution is -2.42. The fourth-order valence-corrected chi connectivity index (χ4v) is 3.54. The Labute approximate surface area is 162 Å². The van der Waals surface area contributed by atoms with Crippen molar-refractivity contribution in [3.8, 4) is 6.07 Å². The lowest BCUT2D eigenvalue weighted by Gasteiger charge is -2.25. The van der Waals surface area contributed by atoms with Crippen LogP contribution < -0.4 is 21.4 Å². The highest BCUT2D eigenvalue weighted by molar-refractivity contribution is 6.00. The third kappa shape index (κ3) is 3.40. The molecule has 0 bridgehead atoms. The highest BCUT2D eigenvalue weighted by Crippen LogP contribution is 2.26. The summed E-state index contributed by atoms with van der Waals surface area (Å²) < 4.78 is 0. The summed E-state index contributed by atoms with van der Waals surface area (Å²) in [5, 5.41) is 17.9. The van der Waals surface area contributed by atoms with Gasteiger partial charge in [0.15, 0.2) is 0 Å². The van der Waals surface area contributed by atoms with Crippen LogP contribution in [0.15, 0.2) is 47.7 Å². The summed E-state index contributed by atoms with van der Waals surface area (Å²) in [5.74, 6) is 0.607. The number of hydrazine groups is 2. The van der Waals surface area contributed by atoms with Crippen LogP contribution in [0.2, 0.25) is 0 Å². The van der Waals surface area contributed by atoms with Gasteiger partial charge in [-0.25, -0.2) is 4.98 Å². The summed E-state index contributed by atoms with van der Waals surface area (Å²) in [6.45, 7) is 2.60. The summed E-state index contributed by atoms with van der Waals surface area (Å²) >= 11 is 0. The lowest BCUT2D eigenvalue weighted by atomic mass is 10.1. The Bertz CT molecular complexity index is 945. The number of anilines is 2. The van der Waals surface area contributed by atoms with E-state index in [4.69, 9.17) is 5.26 Å². The molecule has 142 valence electrons. The molecule has 0 saturated carbocycles. The number of amides is 1. The zero-order valence-electron chi connectivity index (χ0n) is 15.3. The first-order chi connectivity index (χ1) is 13.7. The van der Waals surface area contributed by atoms with Crippen molar-refractivity contribution in [3.63, 3.8) is 0 Å². The molecule has 3 N–H and O–H groups in total. The van der Waals surface area contributed by atoms with E-state index in [-0.39, 0.29) is 18.0 Å². The molecule has 2 aliphatic rings. The van der Waals surface area contributed by atoms with E-state index in [0.717, 1.165) is 6.42 Å². The highest BCUT2D eigenvalue weighted by Gasteiger charge is 2.34. The predicted octanol–water partition coefficient (Wildman–Crippen LogP) is 1.44. The van der Waals surface area contributed by atoms with Gasteiger partial charge in [0.25, 0.3) is 5.91 Å². The van der Waals surface area contributed by atoms with Gasteiger partial charge in [-0.2, -0.15) is 15.9 Å². The van der Waals surface area contributed by atoms with E-state index in [2.05, 4.69) is 32.4 Å². The molecule has 4 rings (SSSR count). The number of hydrazone groups is 1. The quantitative estimate of drug-likeness (QED) is 0.741. The summed E-state index contributed by atoms with van der Waals surface area (Å²) in [6.07, 6.45) is 3.92. The van der Waals surface area contributed by atoms with Crippen LogP contribution in [-0.4, -0.2) is 40.8 Å². The average molecular weight is 376 g/mol. The van der Waals surface area contributed by atoms with E-state index in [1.807, 2.05) is 36.1 Å². The molecular formula is C19H20N8O. The molecule has 1 aromatic carbocycles. The molecule has 28 heavy (non-hydrogen) atoms. The zero-order valence-corrected chi connectivity index (χ0v) is 15.3. The number of rotatable bonds is 4. The number of likely N-dealkylation sites (tertiary alicyclic amines) is 1. The number of pyridine rings is 1. The van der Waals surface area contributed by atoms with Crippen LogP contribution in [0.3, 0.4) is 0 Å². The van der Waals surface area contributed by atoms with Crippen molar-refractivity contribution in [2.75, 3.05) is 17.0 Å². The first kappa shape index (κ1) is 17.6. The Hall–Kier alpha value is -3.80. The van der Waals surface area contributed by atoms with Gasteiger partial charge in [0.2, 0.25) is 0 Å². The number of nitrogens with one attached hydrogen (secondary N) is 3. The zero-order chi connectivity index (χ0) is 19.5. The van der Waals surface area contributed by atoms with Crippen molar-refractivity contribution in [1.82, 2.24) is 20.8 Å². The molecule has 0 radical (unpaired) electrons. The first-order valence-corrected chi connectivity index (χ1v) is 9.02. The number of nitriles is 1. The molecule has 3 heterocycles. The minimum Gasteiger partial charge on any atom is -0.365 e.